The van der Waals surface area contributed by atoms with E-state index < -0.39 is 0 Å². The number of hydrogen-bond acceptors (Lipinski definition) is 4. The summed E-state index contributed by atoms with van der Waals surface area (Å²) in [5.41, 5.74) is 1.27. The van der Waals surface area contributed by atoms with Gasteiger partial charge in [-0.3, -0.25) is 9.78 Å². The molecule has 2 aromatic heterocycles. The quantitative estimate of drug-likeness (QED) is 0.877. The number of rotatable bonds is 4. The molecule has 96 valence electrons. The molecule has 0 saturated heterocycles. The van der Waals surface area contributed by atoms with Gasteiger partial charge in [0.15, 0.2) is 0 Å². The lowest BCUT2D eigenvalue weighted by Crippen LogP contribution is -2.26. The largest absolute Gasteiger partial charge is 0.348 e. The van der Waals surface area contributed by atoms with Crippen LogP contribution in [-0.4, -0.2) is 21.9 Å². The van der Waals surface area contributed by atoms with Crippen LogP contribution in [-0.2, 0) is 0 Å². The van der Waals surface area contributed by atoms with E-state index in [2.05, 4.69) is 20.6 Å². The molecule has 2 N–H and O–H groups in total. The van der Waals surface area contributed by atoms with Gasteiger partial charge in [-0.05, 0) is 37.1 Å². The second-order valence-corrected chi connectivity index (χ2v) is 4.52. The summed E-state index contributed by atoms with van der Waals surface area (Å²) in [5, 5.41) is 6.03. The van der Waals surface area contributed by atoms with Crippen molar-refractivity contribution >= 4 is 17.4 Å². The van der Waals surface area contributed by atoms with Crippen LogP contribution in [0.25, 0.3) is 0 Å². The monoisotopic (exact) mass is 254 g/mol. The fourth-order valence-electron chi connectivity index (χ4n) is 1.70. The van der Waals surface area contributed by atoms with Crippen molar-refractivity contribution in [3.05, 3.63) is 48.4 Å². The lowest BCUT2D eigenvalue weighted by atomic mass is 10.3. The fraction of sp³-hybridized carbons (Fsp3) is 0.214. The smallest absolute Gasteiger partial charge is 0.270 e. The Bertz CT molecular complexity index is 581. The van der Waals surface area contributed by atoms with E-state index in [4.69, 9.17) is 0 Å². The molecule has 2 heterocycles. The van der Waals surface area contributed by atoms with E-state index in [1.807, 2.05) is 24.3 Å². The molecule has 0 spiro atoms. The Kier molecular flexibility index (Phi) is 3.10. The second-order valence-electron chi connectivity index (χ2n) is 4.52. The van der Waals surface area contributed by atoms with Gasteiger partial charge in [0.1, 0.15) is 11.5 Å². The Labute approximate surface area is 111 Å². The molecule has 1 aliphatic rings. The van der Waals surface area contributed by atoms with Crippen molar-refractivity contribution in [3.63, 3.8) is 0 Å². The molecular weight excluding hydrogens is 240 g/mol. The highest BCUT2D eigenvalue weighted by Gasteiger charge is 2.24. The minimum absolute atomic E-state index is 0.114. The molecule has 0 radical (unpaired) electrons. The molecule has 0 bridgehead atoms. The fourth-order valence-corrected chi connectivity index (χ4v) is 1.70. The zero-order valence-electron chi connectivity index (χ0n) is 10.3. The summed E-state index contributed by atoms with van der Waals surface area (Å²) in [4.78, 5) is 20.2. The Hall–Kier alpha value is -2.43. The van der Waals surface area contributed by atoms with Gasteiger partial charge in [0.2, 0.25) is 0 Å². The third kappa shape index (κ3) is 3.07. The van der Waals surface area contributed by atoms with Gasteiger partial charge < -0.3 is 10.6 Å². The van der Waals surface area contributed by atoms with Crippen molar-refractivity contribution in [2.24, 2.45) is 0 Å². The predicted molar refractivity (Wildman–Crippen MR) is 72.2 cm³/mol. The van der Waals surface area contributed by atoms with Gasteiger partial charge >= 0.3 is 0 Å². The first kappa shape index (κ1) is 11.6. The molecule has 0 aromatic carbocycles. The van der Waals surface area contributed by atoms with Crippen LogP contribution in [0.1, 0.15) is 23.3 Å². The summed E-state index contributed by atoms with van der Waals surface area (Å²) in [5.74, 6) is 0.522. The van der Waals surface area contributed by atoms with Crippen LogP contribution in [0.5, 0.6) is 0 Å². The topological polar surface area (TPSA) is 66.9 Å². The lowest BCUT2D eigenvalue weighted by molar-refractivity contribution is 0.0946. The van der Waals surface area contributed by atoms with Crippen molar-refractivity contribution in [1.82, 2.24) is 15.3 Å². The lowest BCUT2D eigenvalue weighted by Gasteiger charge is -2.07. The number of carbonyl (C=O) groups excluding carboxylic acids is 1. The number of pyridine rings is 2. The summed E-state index contributed by atoms with van der Waals surface area (Å²) >= 11 is 0. The Balaban J connectivity index is 1.73. The second kappa shape index (κ2) is 5.06. The predicted octanol–water partition coefficient (Wildman–Crippen LogP) is 2.11. The molecule has 1 aliphatic carbocycles. The molecule has 1 amide bonds. The van der Waals surface area contributed by atoms with Gasteiger partial charge in [0, 0.05) is 12.2 Å². The van der Waals surface area contributed by atoms with E-state index in [1.165, 1.54) is 0 Å². The summed E-state index contributed by atoms with van der Waals surface area (Å²) in [7, 11) is 0. The van der Waals surface area contributed by atoms with E-state index in [1.54, 1.807) is 18.5 Å². The van der Waals surface area contributed by atoms with E-state index in [9.17, 15) is 4.79 Å². The van der Waals surface area contributed by atoms with E-state index in [-0.39, 0.29) is 5.91 Å². The van der Waals surface area contributed by atoms with Crippen LogP contribution in [0.2, 0.25) is 0 Å². The Morgan fingerprint density at radius 3 is 2.84 bits per heavy atom. The molecule has 1 saturated carbocycles. The first-order chi connectivity index (χ1) is 9.31. The molecule has 3 rings (SSSR count). The van der Waals surface area contributed by atoms with E-state index in [0.29, 0.717) is 17.6 Å². The Morgan fingerprint density at radius 2 is 2.11 bits per heavy atom. The molecular formula is C14H14N4O. The zero-order chi connectivity index (χ0) is 13.1. The van der Waals surface area contributed by atoms with E-state index in [0.717, 1.165) is 18.5 Å². The van der Waals surface area contributed by atoms with Gasteiger partial charge in [0.05, 0.1) is 11.9 Å². The number of nitrogens with zero attached hydrogens (tertiary/aromatic N) is 2. The minimum Gasteiger partial charge on any atom is -0.348 e. The summed E-state index contributed by atoms with van der Waals surface area (Å²) < 4.78 is 0. The maximum atomic E-state index is 11.9. The number of amides is 1. The zero-order valence-corrected chi connectivity index (χ0v) is 10.3. The highest BCUT2D eigenvalue weighted by Crippen LogP contribution is 2.19. The van der Waals surface area contributed by atoms with Crippen molar-refractivity contribution in [1.29, 1.82) is 0 Å². The number of aromatic nitrogens is 2. The summed E-state index contributed by atoms with van der Waals surface area (Å²) in [6.07, 6.45) is 5.55. The van der Waals surface area contributed by atoms with Crippen molar-refractivity contribution in [3.8, 4) is 0 Å². The average molecular weight is 254 g/mol. The molecule has 1 fully saturated rings. The van der Waals surface area contributed by atoms with Crippen LogP contribution in [0.3, 0.4) is 0 Å². The molecule has 5 heteroatoms. The summed E-state index contributed by atoms with van der Waals surface area (Å²) in [6, 6.07) is 9.42. The number of hydrogen-bond donors (Lipinski definition) is 2. The van der Waals surface area contributed by atoms with E-state index >= 15 is 0 Å². The van der Waals surface area contributed by atoms with Gasteiger partial charge in [-0.1, -0.05) is 6.07 Å². The maximum Gasteiger partial charge on any atom is 0.270 e. The minimum atomic E-state index is -0.114. The van der Waals surface area contributed by atoms with Crippen molar-refractivity contribution in [2.45, 2.75) is 18.9 Å². The van der Waals surface area contributed by atoms with Crippen LogP contribution in [0.4, 0.5) is 11.5 Å². The van der Waals surface area contributed by atoms with Gasteiger partial charge in [-0.2, -0.15) is 0 Å². The maximum absolute atomic E-state index is 11.9. The summed E-state index contributed by atoms with van der Waals surface area (Å²) in [6.45, 7) is 0. The first-order valence-corrected chi connectivity index (χ1v) is 6.26. The van der Waals surface area contributed by atoms with Crippen LogP contribution in [0, 0.1) is 0 Å². The number of nitrogens with one attached hydrogen (secondary N) is 2. The highest BCUT2D eigenvalue weighted by atomic mass is 16.2. The molecule has 0 aliphatic heterocycles. The normalized spacial score (nSPS) is 13.9. The first-order valence-electron chi connectivity index (χ1n) is 6.26. The third-order valence-corrected chi connectivity index (χ3v) is 2.83. The van der Waals surface area contributed by atoms with Crippen molar-refractivity contribution in [2.75, 3.05) is 5.32 Å². The van der Waals surface area contributed by atoms with Gasteiger partial charge in [-0.15, -0.1) is 0 Å². The molecule has 19 heavy (non-hydrogen) atoms. The Morgan fingerprint density at radius 1 is 1.21 bits per heavy atom. The number of anilines is 2. The van der Waals surface area contributed by atoms with Gasteiger partial charge in [-0.25, -0.2) is 4.98 Å². The van der Waals surface area contributed by atoms with Crippen molar-refractivity contribution < 1.29 is 4.79 Å². The molecule has 0 unspecified atom stereocenters. The van der Waals surface area contributed by atoms with Crippen LogP contribution in [0.15, 0.2) is 42.7 Å². The SMILES string of the molecule is O=C(NC1CC1)c1cccc(Nc2cccnc2)n1. The highest BCUT2D eigenvalue weighted by molar-refractivity contribution is 5.93. The van der Waals surface area contributed by atoms with Gasteiger partial charge in [0.25, 0.3) is 5.91 Å². The van der Waals surface area contributed by atoms with Crippen LogP contribution >= 0.6 is 0 Å². The molecule has 5 nitrogen and oxygen atoms in total. The number of carbonyl (C=O) groups is 1. The third-order valence-electron chi connectivity index (χ3n) is 2.83. The molecule has 0 atom stereocenters. The molecule has 2 aromatic rings. The average Bonchev–Trinajstić information content (AvgIpc) is 3.24. The van der Waals surface area contributed by atoms with Crippen LogP contribution < -0.4 is 10.6 Å². The standard InChI is InChI=1S/C14H14N4O/c19-14(17-10-6-7-10)12-4-1-5-13(18-12)16-11-3-2-8-15-9-11/h1-5,8-10H,6-7H2,(H,16,18)(H,17,19).